The SMILES string of the molecule is Cc1ccc(C(=O)C(N)N(Cc2ccc(CC(C)(C)C(=O)OC(C)(C)C)cc2)Cc2ccco2)c(C)c1. The summed E-state index contributed by atoms with van der Waals surface area (Å²) < 4.78 is 11.2. The van der Waals surface area contributed by atoms with Gasteiger partial charge in [0.1, 0.15) is 17.5 Å². The summed E-state index contributed by atoms with van der Waals surface area (Å²) in [5, 5.41) is 0. The van der Waals surface area contributed by atoms with Gasteiger partial charge in [0.25, 0.3) is 0 Å². The molecule has 2 N–H and O–H groups in total. The molecule has 0 aliphatic heterocycles. The van der Waals surface area contributed by atoms with Crippen molar-refractivity contribution < 1.29 is 18.7 Å². The smallest absolute Gasteiger partial charge is 0.312 e. The molecule has 0 saturated carbocycles. The lowest BCUT2D eigenvalue weighted by Gasteiger charge is -2.29. The summed E-state index contributed by atoms with van der Waals surface area (Å²) >= 11 is 0. The van der Waals surface area contributed by atoms with E-state index in [2.05, 4.69) is 0 Å². The first-order valence-corrected chi connectivity index (χ1v) is 12.7. The van der Waals surface area contributed by atoms with Gasteiger partial charge in [0.2, 0.25) is 0 Å². The van der Waals surface area contributed by atoms with Crippen LogP contribution in [0.25, 0.3) is 0 Å². The second-order valence-electron chi connectivity index (χ2n) is 11.5. The summed E-state index contributed by atoms with van der Waals surface area (Å²) in [7, 11) is 0. The number of aryl methyl sites for hydroxylation is 2. The molecule has 1 aromatic heterocycles. The predicted octanol–water partition coefficient (Wildman–Crippen LogP) is 5.98. The Kier molecular flexibility index (Phi) is 8.77. The molecule has 198 valence electrons. The number of furan rings is 1. The number of ketones is 1. The van der Waals surface area contributed by atoms with Gasteiger partial charge in [-0.15, -0.1) is 0 Å². The highest BCUT2D eigenvalue weighted by Crippen LogP contribution is 2.27. The van der Waals surface area contributed by atoms with Gasteiger partial charge < -0.3 is 14.9 Å². The Morgan fingerprint density at radius 3 is 2.16 bits per heavy atom. The van der Waals surface area contributed by atoms with Crippen molar-refractivity contribution in [1.82, 2.24) is 4.90 Å². The lowest BCUT2D eigenvalue weighted by Crippen LogP contribution is -2.47. The van der Waals surface area contributed by atoms with Gasteiger partial charge in [-0.1, -0.05) is 48.0 Å². The number of hydrogen-bond acceptors (Lipinski definition) is 6. The highest BCUT2D eigenvalue weighted by Gasteiger charge is 2.33. The number of nitrogens with zero attached hydrogens (tertiary/aromatic N) is 1. The number of rotatable bonds is 10. The first kappa shape index (κ1) is 28.4. The third-order valence-electron chi connectivity index (χ3n) is 6.25. The van der Waals surface area contributed by atoms with E-state index in [9.17, 15) is 9.59 Å². The van der Waals surface area contributed by atoms with E-state index in [1.165, 1.54) is 0 Å². The van der Waals surface area contributed by atoms with E-state index in [0.717, 1.165) is 28.0 Å². The molecule has 6 nitrogen and oxygen atoms in total. The fourth-order valence-electron chi connectivity index (χ4n) is 4.27. The van der Waals surface area contributed by atoms with Crippen LogP contribution in [0.2, 0.25) is 0 Å². The van der Waals surface area contributed by atoms with E-state index in [1.807, 2.05) is 108 Å². The van der Waals surface area contributed by atoms with Gasteiger partial charge in [-0.3, -0.25) is 14.5 Å². The number of ether oxygens (including phenoxy) is 1. The Hall–Kier alpha value is -3.22. The fourth-order valence-corrected chi connectivity index (χ4v) is 4.27. The lowest BCUT2D eigenvalue weighted by molar-refractivity contribution is -0.165. The van der Waals surface area contributed by atoms with Gasteiger partial charge in [-0.25, -0.2) is 0 Å². The molecular formula is C31H40N2O4. The molecular weight excluding hydrogens is 464 g/mol. The van der Waals surface area contributed by atoms with Crippen molar-refractivity contribution in [3.63, 3.8) is 0 Å². The highest BCUT2D eigenvalue weighted by atomic mass is 16.6. The average Bonchev–Trinajstić information content (AvgIpc) is 3.31. The van der Waals surface area contributed by atoms with Gasteiger partial charge in [0.15, 0.2) is 5.78 Å². The summed E-state index contributed by atoms with van der Waals surface area (Å²) in [5.41, 5.74) is 10.1. The first-order chi connectivity index (χ1) is 17.2. The molecule has 0 aliphatic rings. The molecule has 1 atom stereocenters. The van der Waals surface area contributed by atoms with Crippen molar-refractivity contribution in [3.05, 3.63) is 94.4 Å². The monoisotopic (exact) mass is 504 g/mol. The molecule has 0 saturated heterocycles. The van der Waals surface area contributed by atoms with Crippen LogP contribution >= 0.6 is 0 Å². The highest BCUT2D eigenvalue weighted by molar-refractivity contribution is 6.01. The Balaban J connectivity index is 1.76. The maximum absolute atomic E-state index is 13.4. The molecule has 3 rings (SSSR count). The quantitative estimate of drug-likeness (QED) is 0.208. The zero-order valence-corrected chi connectivity index (χ0v) is 23.1. The fraction of sp³-hybridized carbons (Fsp3) is 0.419. The number of carbonyl (C=O) groups excluding carboxylic acids is 2. The summed E-state index contributed by atoms with van der Waals surface area (Å²) in [6.45, 7) is 14.2. The summed E-state index contributed by atoms with van der Waals surface area (Å²) in [6.07, 6.45) is 1.34. The second kappa shape index (κ2) is 11.4. The molecule has 0 amide bonds. The molecule has 37 heavy (non-hydrogen) atoms. The van der Waals surface area contributed by atoms with Crippen LogP contribution in [0.3, 0.4) is 0 Å². The van der Waals surface area contributed by atoms with Gasteiger partial charge >= 0.3 is 5.97 Å². The Morgan fingerprint density at radius 1 is 0.946 bits per heavy atom. The second-order valence-corrected chi connectivity index (χ2v) is 11.5. The molecule has 0 fully saturated rings. The Morgan fingerprint density at radius 2 is 1.59 bits per heavy atom. The Bertz CT molecular complexity index is 1210. The molecule has 0 aliphatic carbocycles. The number of benzene rings is 2. The van der Waals surface area contributed by atoms with Crippen LogP contribution in [0.5, 0.6) is 0 Å². The minimum Gasteiger partial charge on any atom is -0.468 e. The van der Waals surface area contributed by atoms with Crippen LogP contribution in [-0.2, 0) is 29.0 Å². The van der Waals surface area contributed by atoms with E-state index in [-0.39, 0.29) is 11.8 Å². The van der Waals surface area contributed by atoms with E-state index < -0.39 is 17.2 Å². The maximum Gasteiger partial charge on any atom is 0.312 e. The topological polar surface area (TPSA) is 85.8 Å². The number of Topliss-reactive ketones (excluding diaryl/α,β-unsaturated/α-hetero) is 1. The van der Waals surface area contributed by atoms with Gasteiger partial charge in [0.05, 0.1) is 18.2 Å². The van der Waals surface area contributed by atoms with Crippen LogP contribution in [0.1, 0.15) is 73.0 Å². The molecule has 2 aromatic carbocycles. The third kappa shape index (κ3) is 7.88. The lowest BCUT2D eigenvalue weighted by atomic mass is 9.85. The maximum atomic E-state index is 13.4. The molecule has 0 radical (unpaired) electrons. The van der Waals surface area contributed by atoms with Crippen molar-refractivity contribution in [3.8, 4) is 0 Å². The zero-order chi connectivity index (χ0) is 27.4. The summed E-state index contributed by atoms with van der Waals surface area (Å²) in [5.74, 6) is 0.393. The molecule has 0 bridgehead atoms. The van der Waals surface area contributed by atoms with Crippen LogP contribution in [0.15, 0.2) is 65.3 Å². The number of nitrogens with two attached hydrogens (primary N) is 1. The van der Waals surface area contributed by atoms with Gasteiger partial charge in [-0.2, -0.15) is 0 Å². The summed E-state index contributed by atoms with van der Waals surface area (Å²) in [6, 6.07) is 17.5. The predicted molar refractivity (Wildman–Crippen MR) is 146 cm³/mol. The van der Waals surface area contributed by atoms with Crippen molar-refractivity contribution >= 4 is 11.8 Å². The standard InChI is InChI=1S/C31H40N2O4/c1-21-10-15-26(22(2)17-21)27(34)28(32)33(20-25-9-8-16-36-25)19-24-13-11-23(12-14-24)18-31(6,7)29(35)37-30(3,4)5/h8-17,28H,18-20,32H2,1-7H3. The minimum atomic E-state index is -0.836. The van der Waals surface area contributed by atoms with E-state index in [0.29, 0.717) is 25.1 Å². The normalized spacial score (nSPS) is 13.0. The third-order valence-corrected chi connectivity index (χ3v) is 6.25. The van der Waals surface area contributed by atoms with Crippen LogP contribution < -0.4 is 5.73 Å². The van der Waals surface area contributed by atoms with Crippen LogP contribution in [0.4, 0.5) is 0 Å². The first-order valence-electron chi connectivity index (χ1n) is 12.7. The molecule has 6 heteroatoms. The van der Waals surface area contributed by atoms with Crippen molar-refractivity contribution in [1.29, 1.82) is 0 Å². The van der Waals surface area contributed by atoms with E-state index in [4.69, 9.17) is 14.9 Å². The van der Waals surface area contributed by atoms with E-state index in [1.54, 1.807) is 6.26 Å². The largest absolute Gasteiger partial charge is 0.468 e. The van der Waals surface area contributed by atoms with Crippen molar-refractivity contribution in [2.24, 2.45) is 11.1 Å². The Labute approximate surface area is 220 Å². The average molecular weight is 505 g/mol. The number of carbonyl (C=O) groups is 2. The van der Waals surface area contributed by atoms with Gasteiger partial charge in [-0.05, 0) is 83.7 Å². The van der Waals surface area contributed by atoms with Crippen LogP contribution in [0, 0.1) is 19.3 Å². The summed E-state index contributed by atoms with van der Waals surface area (Å²) in [4.78, 5) is 27.9. The van der Waals surface area contributed by atoms with Crippen molar-refractivity contribution in [2.75, 3.05) is 0 Å². The molecule has 1 unspecified atom stereocenters. The van der Waals surface area contributed by atoms with E-state index >= 15 is 0 Å². The molecule has 3 aromatic rings. The minimum absolute atomic E-state index is 0.125. The molecule has 1 heterocycles. The zero-order valence-electron chi connectivity index (χ0n) is 23.1. The number of hydrogen-bond donors (Lipinski definition) is 1. The molecule has 0 spiro atoms. The van der Waals surface area contributed by atoms with Crippen LogP contribution in [-0.4, -0.2) is 28.4 Å². The van der Waals surface area contributed by atoms with Gasteiger partial charge in [0, 0.05) is 12.1 Å². The number of esters is 1. The van der Waals surface area contributed by atoms with Crippen molar-refractivity contribution in [2.45, 2.75) is 79.7 Å².